The van der Waals surface area contributed by atoms with E-state index in [1.807, 2.05) is 6.07 Å². The maximum Gasteiger partial charge on any atom is 0.123 e. The van der Waals surface area contributed by atoms with Gasteiger partial charge in [-0.2, -0.15) is 0 Å². The smallest absolute Gasteiger partial charge is 0.123 e. The fraction of sp³-hybridized carbons (Fsp3) is 0.400. The van der Waals surface area contributed by atoms with E-state index in [0.717, 1.165) is 6.42 Å². The van der Waals surface area contributed by atoms with Gasteiger partial charge in [0.2, 0.25) is 0 Å². The third-order valence-electron chi connectivity index (χ3n) is 2.43. The first-order chi connectivity index (χ1) is 5.09. The second kappa shape index (κ2) is 1.84. The largest absolute Gasteiger partial charge is 0.207 e. The zero-order valence-corrected chi connectivity index (χ0v) is 6.82. The van der Waals surface area contributed by atoms with Gasteiger partial charge in [0, 0.05) is 0 Å². The standard InChI is InChI=1S/C10H11F/c1-10(2)6-7-5-8(11)3-4-9(7)10/h3-5H,6H2,1-2H3. The number of halogens is 1. The first kappa shape index (κ1) is 6.84. The molecule has 0 spiro atoms. The van der Waals surface area contributed by atoms with Gasteiger partial charge in [-0.1, -0.05) is 19.9 Å². The Morgan fingerprint density at radius 2 is 2.09 bits per heavy atom. The Bertz CT molecular complexity index is 300. The topological polar surface area (TPSA) is 0 Å². The fourth-order valence-corrected chi connectivity index (χ4v) is 1.83. The maximum atomic E-state index is 12.6. The third kappa shape index (κ3) is 0.873. The summed E-state index contributed by atoms with van der Waals surface area (Å²) >= 11 is 0. The molecule has 11 heavy (non-hydrogen) atoms. The quantitative estimate of drug-likeness (QED) is 0.533. The Morgan fingerprint density at radius 1 is 1.36 bits per heavy atom. The Balaban J connectivity index is 2.51. The molecule has 0 radical (unpaired) electrons. The number of hydrogen-bond acceptors (Lipinski definition) is 0. The molecule has 0 saturated carbocycles. The van der Waals surface area contributed by atoms with Gasteiger partial charge >= 0.3 is 0 Å². The van der Waals surface area contributed by atoms with Crippen LogP contribution in [0.4, 0.5) is 4.39 Å². The van der Waals surface area contributed by atoms with Crippen molar-refractivity contribution in [3.63, 3.8) is 0 Å². The van der Waals surface area contributed by atoms with Gasteiger partial charge in [-0.05, 0) is 35.1 Å². The van der Waals surface area contributed by atoms with Crippen LogP contribution < -0.4 is 0 Å². The van der Waals surface area contributed by atoms with Crippen molar-refractivity contribution in [3.8, 4) is 0 Å². The summed E-state index contributed by atoms with van der Waals surface area (Å²) in [6.45, 7) is 4.38. The summed E-state index contributed by atoms with van der Waals surface area (Å²) in [6, 6.07) is 5.08. The van der Waals surface area contributed by atoms with Gasteiger partial charge in [0.05, 0.1) is 0 Å². The van der Waals surface area contributed by atoms with Gasteiger partial charge in [-0.15, -0.1) is 0 Å². The molecule has 0 heterocycles. The minimum atomic E-state index is -0.112. The number of hydrogen-bond donors (Lipinski definition) is 0. The normalized spacial score (nSPS) is 18.8. The summed E-state index contributed by atoms with van der Waals surface area (Å²) in [5.41, 5.74) is 2.76. The van der Waals surface area contributed by atoms with Crippen molar-refractivity contribution >= 4 is 0 Å². The molecule has 0 bridgehead atoms. The van der Waals surface area contributed by atoms with E-state index >= 15 is 0 Å². The zero-order chi connectivity index (χ0) is 8.06. The molecule has 1 aromatic rings. The Morgan fingerprint density at radius 3 is 2.64 bits per heavy atom. The van der Waals surface area contributed by atoms with E-state index in [1.165, 1.54) is 11.1 Å². The summed E-state index contributed by atoms with van der Waals surface area (Å²) in [7, 11) is 0. The number of rotatable bonds is 0. The van der Waals surface area contributed by atoms with E-state index in [2.05, 4.69) is 13.8 Å². The highest BCUT2D eigenvalue weighted by Crippen LogP contribution is 2.40. The van der Waals surface area contributed by atoms with Crippen molar-refractivity contribution < 1.29 is 4.39 Å². The molecule has 1 heteroatoms. The van der Waals surface area contributed by atoms with Crippen LogP contribution in [-0.4, -0.2) is 0 Å². The maximum absolute atomic E-state index is 12.6. The minimum Gasteiger partial charge on any atom is -0.207 e. The molecule has 0 aliphatic heterocycles. The highest BCUT2D eigenvalue weighted by Gasteiger charge is 2.33. The Kier molecular flexibility index (Phi) is 1.15. The van der Waals surface area contributed by atoms with E-state index in [1.54, 1.807) is 12.1 Å². The summed E-state index contributed by atoms with van der Waals surface area (Å²) in [4.78, 5) is 0. The van der Waals surface area contributed by atoms with Crippen LogP contribution in [0.25, 0.3) is 0 Å². The first-order valence-corrected chi connectivity index (χ1v) is 3.88. The lowest BCUT2D eigenvalue weighted by Gasteiger charge is -2.37. The molecule has 0 atom stereocenters. The van der Waals surface area contributed by atoms with Crippen molar-refractivity contribution in [1.82, 2.24) is 0 Å². The molecule has 1 aliphatic rings. The molecular weight excluding hydrogens is 139 g/mol. The Labute approximate surface area is 66.1 Å². The van der Waals surface area contributed by atoms with Crippen LogP contribution in [0.1, 0.15) is 25.0 Å². The lowest BCUT2D eigenvalue weighted by atomic mass is 9.67. The van der Waals surface area contributed by atoms with E-state index in [9.17, 15) is 4.39 Å². The van der Waals surface area contributed by atoms with Crippen LogP contribution in [-0.2, 0) is 11.8 Å². The van der Waals surface area contributed by atoms with E-state index < -0.39 is 0 Å². The monoisotopic (exact) mass is 150 g/mol. The van der Waals surface area contributed by atoms with Crippen LogP contribution in [0, 0.1) is 5.82 Å². The Hall–Kier alpha value is -0.850. The van der Waals surface area contributed by atoms with Crippen LogP contribution in [0.15, 0.2) is 18.2 Å². The summed E-state index contributed by atoms with van der Waals surface area (Å²) in [5, 5.41) is 0. The van der Waals surface area contributed by atoms with Crippen LogP contribution >= 0.6 is 0 Å². The highest BCUT2D eigenvalue weighted by atomic mass is 19.1. The molecule has 0 fully saturated rings. The molecule has 1 aliphatic carbocycles. The predicted octanol–water partition coefficient (Wildman–Crippen LogP) is 2.66. The molecule has 0 N–H and O–H groups in total. The molecule has 0 nitrogen and oxygen atoms in total. The van der Waals surface area contributed by atoms with Crippen molar-refractivity contribution in [1.29, 1.82) is 0 Å². The number of fused-ring (bicyclic) bond motifs is 1. The van der Waals surface area contributed by atoms with Crippen molar-refractivity contribution in [2.75, 3.05) is 0 Å². The SMILES string of the molecule is CC1(C)Cc2cc(F)ccc21. The van der Waals surface area contributed by atoms with Crippen LogP contribution in [0.3, 0.4) is 0 Å². The molecular formula is C10H11F. The number of benzene rings is 1. The second-order valence-electron chi connectivity index (χ2n) is 3.86. The molecule has 2 rings (SSSR count). The minimum absolute atomic E-state index is 0.112. The first-order valence-electron chi connectivity index (χ1n) is 3.88. The van der Waals surface area contributed by atoms with E-state index in [-0.39, 0.29) is 11.2 Å². The third-order valence-corrected chi connectivity index (χ3v) is 2.43. The molecule has 58 valence electrons. The molecule has 0 aromatic heterocycles. The average Bonchev–Trinajstić information content (AvgIpc) is 1.85. The van der Waals surface area contributed by atoms with Gasteiger partial charge in [-0.25, -0.2) is 4.39 Å². The van der Waals surface area contributed by atoms with Gasteiger partial charge in [0.25, 0.3) is 0 Å². The van der Waals surface area contributed by atoms with Gasteiger partial charge in [-0.3, -0.25) is 0 Å². The summed E-state index contributed by atoms with van der Waals surface area (Å²) < 4.78 is 12.6. The summed E-state index contributed by atoms with van der Waals surface area (Å²) in [6.07, 6.45) is 1.01. The van der Waals surface area contributed by atoms with E-state index in [0.29, 0.717) is 0 Å². The van der Waals surface area contributed by atoms with E-state index in [4.69, 9.17) is 0 Å². The van der Waals surface area contributed by atoms with Gasteiger partial charge in [0.1, 0.15) is 5.82 Å². The molecule has 0 unspecified atom stereocenters. The lowest BCUT2D eigenvalue weighted by molar-refractivity contribution is 0.450. The van der Waals surface area contributed by atoms with Crippen LogP contribution in [0.2, 0.25) is 0 Å². The summed E-state index contributed by atoms with van der Waals surface area (Å²) in [5.74, 6) is -0.112. The lowest BCUT2D eigenvalue weighted by Crippen LogP contribution is -2.32. The van der Waals surface area contributed by atoms with Gasteiger partial charge < -0.3 is 0 Å². The highest BCUT2D eigenvalue weighted by molar-refractivity contribution is 5.43. The molecule has 1 aromatic carbocycles. The predicted molar refractivity (Wildman–Crippen MR) is 43.1 cm³/mol. The second-order valence-corrected chi connectivity index (χ2v) is 3.86. The van der Waals surface area contributed by atoms with Crippen molar-refractivity contribution in [2.24, 2.45) is 0 Å². The molecule has 0 saturated heterocycles. The zero-order valence-electron chi connectivity index (χ0n) is 6.82. The fourth-order valence-electron chi connectivity index (χ4n) is 1.83. The molecule has 0 amide bonds. The van der Waals surface area contributed by atoms with Crippen LogP contribution in [0.5, 0.6) is 0 Å². The van der Waals surface area contributed by atoms with Crippen molar-refractivity contribution in [3.05, 3.63) is 35.1 Å². The van der Waals surface area contributed by atoms with Crippen molar-refractivity contribution in [2.45, 2.75) is 25.7 Å². The average molecular weight is 150 g/mol. The van der Waals surface area contributed by atoms with Gasteiger partial charge in [0.15, 0.2) is 0 Å².